The Hall–Kier alpha value is -3.72. The molecule has 1 N–H and O–H groups in total. The molecule has 0 bridgehead atoms. The Balaban J connectivity index is 1.75. The zero-order valence-electron chi connectivity index (χ0n) is 15.2. The van der Waals surface area contributed by atoms with Gasteiger partial charge in [0.2, 0.25) is 0 Å². The lowest BCUT2D eigenvalue weighted by Gasteiger charge is -2.21. The number of carbonyl (C=O) groups is 1. The van der Waals surface area contributed by atoms with Crippen LogP contribution in [0, 0.1) is 18.3 Å². The summed E-state index contributed by atoms with van der Waals surface area (Å²) in [5, 5.41) is 11.9. The summed E-state index contributed by atoms with van der Waals surface area (Å²) in [6.45, 7) is 4.45. The highest BCUT2D eigenvalue weighted by atomic mass is 16.2. The van der Waals surface area contributed by atoms with Crippen molar-refractivity contribution in [2.75, 3.05) is 16.8 Å². The standard InChI is InChI=1S/C21H19N5O/c1-3-26(18-6-4-5-15(2)11-18)21(27)19-13-24-20(14-23-19)25-17-9-7-16(12-22)8-10-17/h4-11,13-14H,3H2,1-2H3,(H,24,25). The van der Waals surface area contributed by atoms with Crippen molar-refractivity contribution in [1.29, 1.82) is 5.26 Å². The number of aromatic nitrogens is 2. The topological polar surface area (TPSA) is 81.9 Å². The van der Waals surface area contributed by atoms with Gasteiger partial charge in [-0.25, -0.2) is 9.97 Å². The molecule has 0 spiro atoms. The molecular weight excluding hydrogens is 338 g/mol. The molecular formula is C21H19N5O. The van der Waals surface area contributed by atoms with Crippen LogP contribution in [-0.4, -0.2) is 22.4 Å². The van der Waals surface area contributed by atoms with Crippen molar-refractivity contribution in [3.8, 4) is 6.07 Å². The van der Waals surface area contributed by atoms with E-state index in [4.69, 9.17) is 5.26 Å². The van der Waals surface area contributed by atoms with E-state index in [1.54, 1.807) is 29.2 Å². The molecule has 6 nitrogen and oxygen atoms in total. The van der Waals surface area contributed by atoms with Gasteiger partial charge in [-0.3, -0.25) is 4.79 Å². The number of rotatable bonds is 5. The maximum atomic E-state index is 12.8. The van der Waals surface area contributed by atoms with Crippen molar-refractivity contribution in [2.45, 2.75) is 13.8 Å². The van der Waals surface area contributed by atoms with E-state index in [0.717, 1.165) is 16.9 Å². The van der Waals surface area contributed by atoms with Gasteiger partial charge in [-0.1, -0.05) is 12.1 Å². The second-order valence-corrected chi connectivity index (χ2v) is 5.99. The minimum atomic E-state index is -0.194. The van der Waals surface area contributed by atoms with Crippen LogP contribution >= 0.6 is 0 Å². The number of hydrogen-bond donors (Lipinski definition) is 1. The number of nitrogens with one attached hydrogen (secondary N) is 1. The Labute approximate surface area is 158 Å². The number of hydrogen-bond acceptors (Lipinski definition) is 5. The van der Waals surface area contributed by atoms with Crippen molar-refractivity contribution in [3.05, 3.63) is 77.7 Å². The summed E-state index contributed by atoms with van der Waals surface area (Å²) in [5.74, 6) is 0.329. The lowest BCUT2D eigenvalue weighted by molar-refractivity contribution is 0.0983. The lowest BCUT2D eigenvalue weighted by Crippen LogP contribution is -2.31. The van der Waals surface area contributed by atoms with Crippen LogP contribution < -0.4 is 10.2 Å². The highest BCUT2D eigenvalue weighted by Gasteiger charge is 2.18. The molecule has 0 aliphatic heterocycles. The van der Waals surface area contributed by atoms with Gasteiger partial charge in [-0.2, -0.15) is 5.26 Å². The van der Waals surface area contributed by atoms with E-state index in [2.05, 4.69) is 21.4 Å². The first-order valence-electron chi connectivity index (χ1n) is 8.58. The number of carbonyl (C=O) groups excluding carboxylic acids is 1. The van der Waals surface area contributed by atoms with E-state index in [-0.39, 0.29) is 11.6 Å². The smallest absolute Gasteiger partial charge is 0.278 e. The van der Waals surface area contributed by atoms with Crippen LogP contribution in [-0.2, 0) is 0 Å². The maximum Gasteiger partial charge on any atom is 0.278 e. The zero-order chi connectivity index (χ0) is 19.2. The van der Waals surface area contributed by atoms with E-state index < -0.39 is 0 Å². The Morgan fingerprint density at radius 2 is 1.93 bits per heavy atom. The van der Waals surface area contributed by atoms with Gasteiger partial charge >= 0.3 is 0 Å². The molecule has 0 radical (unpaired) electrons. The Kier molecular flexibility index (Phi) is 5.43. The number of nitrogens with zero attached hydrogens (tertiary/aromatic N) is 4. The summed E-state index contributed by atoms with van der Waals surface area (Å²) >= 11 is 0. The fourth-order valence-electron chi connectivity index (χ4n) is 2.66. The zero-order valence-corrected chi connectivity index (χ0v) is 15.2. The van der Waals surface area contributed by atoms with Gasteiger partial charge in [0.25, 0.3) is 5.91 Å². The van der Waals surface area contributed by atoms with Crippen LogP contribution in [0.2, 0.25) is 0 Å². The van der Waals surface area contributed by atoms with Crippen molar-refractivity contribution in [1.82, 2.24) is 9.97 Å². The molecule has 0 saturated carbocycles. The van der Waals surface area contributed by atoms with Crippen molar-refractivity contribution in [2.24, 2.45) is 0 Å². The van der Waals surface area contributed by atoms with Crippen LogP contribution in [0.3, 0.4) is 0 Å². The average molecular weight is 357 g/mol. The normalized spacial score (nSPS) is 10.1. The first-order valence-corrected chi connectivity index (χ1v) is 8.58. The number of amides is 1. The van der Waals surface area contributed by atoms with Gasteiger partial charge in [0, 0.05) is 17.9 Å². The minimum Gasteiger partial charge on any atom is -0.339 e. The molecule has 1 aromatic heterocycles. The summed E-state index contributed by atoms with van der Waals surface area (Å²) in [5.41, 5.74) is 3.58. The molecule has 0 aliphatic carbocycles. The van der Waals surface area contributed by atoms with E-state index in [1.165, 1.54) is 12.4 Å². The molecule has 134 valence electrons. The van der Waals surface area contributed by atoms with E-state index in [0.29, 0.717) is 17.9 Å². The van der Waals surface area contributed by atoms with Crippen LogP contribution in [0.25, 0.3) is 0 Å². The SMILES string of the molecule is CCN(C(=O)c1cnc(Nc2ccc(C#N)cc2)cn1)c1cccc(C)c1. The molecule has 0 fully saturated rings. The van der Waals surface area contributed by atoms with Gasteiger partial charge in [0.15, 0.2) is 0 Å². The summed E-state index contributed by atoms with van der Waals surface area (Å²) in [6.07, 6.45) is 2.99. The molecule has 27 heavy (non-hydrogen) atoms. The highest BCUT2D eigenvalue weighted by molar-refractivity contribution is 6.04. The molecule has 0 aliphatic rings. The number of benzene rings is 2. The van der Waals surface area contributed by atoms with Crippen molar-refractivity contribution >= 4 is 23.1 Å². The predicted molar refractivity (Wildman–Crippen MR) is 105 cm³/mol. The fraction of sp³-hybridized carbons (Fsp3) is 0.143. The molecule has 0 saturated heterocycles. The van der Waals surface area contributed by atoms with Crippen molar-refractivity contribution in [3.63, 3.8) is 0 Å². The molecule has 3 rings (SSSR count). The van der Waals surface area contributed by atoms with Gasteiger partial charge < -0.3 is 10.2 Å². The van der Waals surface area contributed by atoms with Gasteiger partial charge in [-0.05, 0) is 55.8 Å². The summed E-state index contributed by atoms with van der Waals surface area (Å²) in [7, 11) is 0. The van der Waals surface area contributed by atoms with Gasteiger partial charge in [-0.15, -0.1) is 0 Å². The molecule has 1 amide bonds. The lowest BCUT2D eigenvalue weighted by atomic mass is 10.2. The van der Waals surface area contributed by atoms with Gasteiger partial charge in [0.05, 0.1) is 24.0 Å². The quantitative estimate of drug-likeness (QED) is 0.744. The van der Waals surface area contributed by atoms with Crippen LogP contribution in [0.1, 0.15) is 28.5 Å². The predicted octanol–water partition coefficient (Wildman–Crippen LogP) is 4.07. The molecule has 3 aromatic rings. The number of nitriles is 1. The summed E-state index contributed by atoms with van der Waals surface area (Å²) in [6, 6.07) is 16.9. The molecule has 6 heteroatoms. The first kappa shape index (κ1) is 18.1. The maximum absolute atomic E-state index is 12.8. The monoisotopic (exact) mass is 357 g/mol. The van der Waals surface area contributed by atoms with Crippen LogP contribution in [0.15, 0.2) is 60.9 Å². The minimum absolute atomic E-state index is 0.194. The van der Waals surface area contributed by atoms with Crippen LogP contribution in [0.5, 0.6) is 0 Å². The van der Waals surface area contributed by atoms with E-state index in [1.807, 2.05) is 38.1 Å². The first-order chi connectivity index (χ1) is 13.1. The van der Waals surface area contributed by atoms with E-state index in [9.17, 15) is 4.79 Å². The third-order valence-corrected chi connectivity index (χ3v) is 4.03. The number of anilines is 3. The largest absolute Gasteiger partial charge is 0.339 e. The summed E-state index contributed by atoms with van der Waals surface area (Å²) in [4.78, 5) is 23.0. The Bertz CT molecular complexity index is 975. The van der Waals surface area contributed by atoms with E-state index >= 15 is 0 Å². The van der Waals surface area contributed by atoms with Crippen LogP contribution in [0.4, 0.5) is 17.2 Å². The van der Waals surface area contributed by atoms with Gasteiger partial charge in [0.1, 0.15) is 11.5 Å². The number of aryl methyl sites for hydroxylation is 1. The van der Waals surface area contributed by atoms with Crippen molar-refractivity contribution < 1.29 is 4.79 Å². The Morgan fingerprint density at radius 1 is 1.15 bits per heavy atom. The molecule has 2 aromatic carbocycles. The Morgan fingerprint density at radius 3 is 2.52 bits per heavy atom. The molecule has 1 heterocycles. The third kappa shape index (κ3) is 4.28. The third-order valence-electron chi connectivity index (χ3n) is 4.03. The average Bonchev–Trinajstić information content (AvgIpc) is 2.70. The second kappa shape index (κ2) is 8.11. The molecule has 0 atom stereocenters. The fourth-order valence-corrected chi connectivity index (χ4v) is 2.66. The second-order valence-electron chi connectivity index (χ2n) is 5.99. The summed E-state index contributed by atoms with van der Waals surface area (Å²) < 4.78 is 0. The highest BCUT2D eigenvalue weighted by Crippen LogP contribution is 2.19. The molecule has 0 unspecified atom stereocenters.